The van der Waals surface area contributed by atoms with Crippen LogP contribution in [0.5, 0.6) is 5.75 Å². The van der Waals surface area contributed by atoms with Gasteiger partial charge in [-0.05, 0) is 44.5 Å². The van der Waals surface area contributed by atoms with Gasteiger partial charge in [-0.15, -0.1) is 0 Å². The highest BCUT2D eigenvalue weighted by molar-refractivity contribution is 6.01. The Morgan fingerprint density at radius 1 is 1.15 bits per heavy atom. The summed E-state index contributed by atoms with van der Waals surface area (Å²) in [6, 6.07) is 11.6. The molecule has 3 rings (SSSR count). The lowest BCUT2D eigenvalue weighted by Crippen LogP contribution is -2.26. The number of non-ortho nitro benzene ring substituents is 1. The van der Waals surface area contributed by atoms with Crippen molar-refractivity contribution >= 4 is 22.7 Å². The third-order valence-electron chi connectivity index (χ3n) is 3.97. The van der Waals surface area contributed by atoms with Crippen LogP contribution in [0.15, 0.2) is 48.7 Å². The van der Waals surface area contributed by atoms with Gasteiger partial charge in [0, 0.05) is 29.3 Å². The average molecular weight is 368 g/mol. The first-order valence-corrected chi connectivity index (χ1v) is 8.37. The number of nitrogens with zero attached hydrogens (tertiary/aromatic N) is 2. The molecular formula is C20H20N2O5. The fourth-order valence-electron chi connectivity index (χ4n) is 2.82. The molecular weight excluding hydrogens is 348 g/mol. The lowest BCUT2D eigenvalue weighted by Gasteiger charge is -2.19. The molecule has 2 aromatic carbocycles. The minimum atomic E-state index is -0.647. The summed E-state index contributed by atoms with van der Waals surface area (Å²) >= 11 is 0. The van der Waals surface area contributed by atoms with Crippen molar-refractivity contribution in [2.75, 3.05) is 7.11 Å². The third kappa shape index (κ3) is 3.76. The van der Waals surface area contributed by atoms with Crippen molar-refractivity contribution < 1.29 is 19.2 Å². The van der Waals surface area contributed by atoms with Crippen molar-refractivity contribution in [3.05, 3.63) is 58.8 Å². The monoisotopic (exact) mass is 368 g/mol. The zero-order valence-electron chi connectivity index (χ0n) is 15.6. The quantitative estimate of drug-likeness (QED) is 0.479. The number of fused-ring (bicyclic) bond motifs is 1. The number of carbonyl (C=O) groups is 1. The lowest BCUT2D eigenvalue weighted by molar-refractivity contribution is -0.384. The summed E-state index contributed by atoms with van der Waals surface area (Å²) in [5.41, 5.74) is 1.27. The van der Waals surface area contributed by atoms with Gasteiger partial charge in [0.25, 0.3) is 5.69 Å². The van der Waals surface area contributed by atoms with Gasteiger partial charge in [0.15, 0.2) is 0 Å². The SMILES string of the molecule is COc1ccc2c(c1)c(-c1cccc([N+](=O)[O-])c1)cn2C(=O)OC(C)(C)C. The minimum absolute atomic E-state index is 0.0198. The molecule has 0 atom stereocenters. The van der Waals surface area contributed by atoms with Crippen molar-refractivity contribution in [2.45, 2.75) is 26.4 Å². The number of benzene rings is 2. The van der Waals surface area contributed by atoms with Crippen LogP contribution in [-0.2, 0) is 4.74 Å². The Kier molecular flexibility index (Phi) is 4.61. The molecule has 7 nitrogen and oxygen atoms in total. The predicted octanol–water partition coefficient (Wildman–Crippen LogP) is 5.01. The van der Waals surface area contributed by atoms with Gasteiger partial charge in [-0.1, -0.05) is 12.1 Å². The Balaban J connectivity index is 2.21. The molecule has 140 valence electrons. The van der Waals surface area contributed by atoms with Gasteiger partial charge in [0.2, 0.25) is 0 Å². The summed E-state index contributed by atoms with van der Waals surface area (Å²) in [7, 11) is 1.55. The number of hydrogen-bond acceptors (Lipinski definition) is 5. The number of nitro groups is 1. The van der Waals surface area contributed by atoms with Crippen molar-refractivity contribution in [1.82, 2.24) is 4.57 Å². The maximum absolute atomic E-state index is 12.6. The zero-order chi connectivity index (χ0) is 19.8. The average Bonchev–Trinajstić information content (AvgIpc) is 2.99. The van der Waals surface area contributed by atoms with E-state index in [4.69, 9.17) is 9.47 Å². The highest BCUT2D eigenvalue weighted by atomic mass is 16.6. The molecule has 0 spiro atoms. The molecule has 0 radical (unpaired) electrons. The molecule has 1 heterocycles. The number of methoxy groups -OCH3 is 1. The standard InChI is InChI=1S/C20H20N2O5/c1-20(2,3)27-19(23)21-12-17(13-6-5-7-14(10-13)22(24)25)16-11-15(26-4)8-9-18(16)21/h5-12H,1-4H3. The van der Waals surface area contributed by atoms with E-state index in [0.29, 0.717) is 22.4 Å². The smallest absolute Gasteiger partial charge is 0.419 e. The summed E-state index contributed by atoms with van der Waals surface area (Å²) in [6.07, 6.45) is 1.12. The van der Waals surface area contributed by atoms with Crippen LogP contribution in [0.4, 0.5) is 10.5 Å². The van der Waals surface area contributed by atoms with Crippen LogP contribution in [0, 0.1) is 10.1 Å². The van der Waals surface area contributed by atoms with Crippen LogP contribution in [0.25, 0.3) is 22.0 Å². The molecule has 0 unspecified atom stereocenters. The first-order valence-electron chi connectivity index (χ1n) is 8.37. The first kappa shape index (κ1) is 18.4. The second-order valence-corrected chi connectivity index (χ2v) is 7.08. The summed E-state index contributed by atoms with van der Waals surface area (Å²) in [5, 5.41) is 11.9. The highest BCUT2D eigenvalue weighted by Crippen LogP contribution is 2.35. The molecule has 0 fully saturated rings. The van der Waals surface area contributed by atoms with Gasteiger partial charge in [-0.3, -0.25) is 14.7 Å². The van der Waals surface area contributed by atoms with Gasteiger partial charge in [0.1, 0.15) is 11.4 Å². The number of aromatic nitrogens is 1. The Morgan fingerprint density at radius 2 is 1.89 bits per heavy atom. The summed E-state index contributed by atoms with van der Waals surface area (Å²) in [5.74, 6) is 0.621. The highest BCUT2D eigenvalue weighted by Gasteiger charge is 2.22. The topological polar surface area (TPSA) is 83.6 Å². The lowest BCUT2D eigenvalue weighted by atomic mass is 10.0. The predicted molar refractivity (Wildman–Crippen MR) is 102 cm³/mol. The largest absolute Gasteiger partial charge is 0.497 e. The Bertz CT molecular complexity index is 1030. The Morgan fingerprint density at radius 3 is 2.52 bits per heavy atom. The van der Waals surface area contributed by atoms with E-state index in [9.17, 15) is 14.9 Å². The van der Waals surface area contributed by atoms with E-state index in [1.165, 1.54) is 16.7 Å². The Hall–Kier alpha value is -3.35. The van der Waals surface area contributed by atoms with Crippen molar-refractivity contribution in [3.8, 4) is 16.9 Å². The molecule has 1 aromatic heterocycles. The van der Waals surface area contributed by atoms with Crippen molar-refractivity contribution in [3.63, 3.8) is 0 Å². The fourth-order valence-corrected chi connectivity index (χ4v) is 2.82. The van der Waals surface area contributed by atoms with E-state index in [-0.39, 0.29) is 5.69 Å². The molecule has 27 heavy (non-hydrogen) atoms. The second kappa shape index (κ2) is 6.75. The number of hydrogen-bond donors (Lipinski definition) is 0. The van der Waals surface area contributed by atoms with E-state index < -0.39 is 16.6 Å². The zero-order valence-corrected chi connectivity index (χ0v) is 15.6. The molecule has 0 aliphatic carbocycles. The third-order valence-corrected chi connectivity index (χ3v) is 3.97. The first-order chi connectivity index (χ1) is 12.7. The fraction of sp³-hybridized carbons (Fsp3) is 0.250. The van der Waals surface area contributed by atoms with Crippen molar-refractivity contribution in [2.24, 2.45) is 0 Å². The summed E-state index contributed by atoms with van der Waals surface area (Å²) in [6.45, 7) is 5.38. The van der Waals surface area contributed by atoms with E-state index in [1.54, 1.807) is 64.4 Å². The van der Waals surface area contributed by atoms with Gasteiger partial charge in [0.05, 0.1) is 17.5 Å². The molecule has 0 aliphatic rings. The number of rotatable bonds is 3. The summed E-state index contributed by atoms with van der Waals surface area (Å²) < 4.78 is 12.2. The molecule has 0 saturated carbocycles. The number of ether oxygens (including phenoxy) is 2. The summed E-state index contributed by atoms with van der Waals surface area (Å²) in [4.78, 5) is 23.3. The van der Waals surface area contributed by atoms with Gasteiger partial charge >= 0.3 is 6.09 Å². The number of nitro benzene ring substituents is 1. The minimum Gasteiger partial charge on any atom is -0.497 e. The maximum Gasteiger partial charge on any atom is 0.419 e. The van der Waals surface area contributed by atoms with E-state index >= 15 is 0 Å². The number of carbonyl (C=O) groups excluding carboxylic acids is 1. The van der Waals surface area contributed by atoms with Crippen LogP contribution < -0.4 is 4.74 Å². The normalized spacial score (nSPS) is 11.4. The maximum atomic E-state index is 12.6. The van der Waals surface area contributed by atoms with Crippen molar-refractivity contribution in [1.29, 1.82) is 0 Å². The Labute approximate surface area is 156 Å². The van der Waals surface area contributed by atoms with Crippen LogP contribution in [0.2, 0.25) is 0 Å². The van der Waals surface area contributed by atoms with Crippen LogP contribution in [0.1, 0.15) is 20.8 Å². The van der Waals surface area contributed by atoms with E-state index in [1.807, 2.05) is 0 Å². The molecule has 0 aliphatic heterocycles. The molecule has 3 aromatic rings. The molecule has 0 saturated heterocycles. The molecule has 7 heteroatoms. The molecule has 0 amide bonds. The van der Waals surface area contributed by atoms with Gasteiger partial charge in [-0.2, -0.15) is 0 Å². The van der Waals surface area contributed by atoms with E-state index in [2.05, 4.69) is 0 Å². The van der Waals surface area contributed by atoms with E-state index in [0.717, 1.165) is 5.39 Å². The van der Waals surface area contributed by atoms with Crippen LogP contribution >= 0.6 is 0 Å². The van der Waals surface area contributed by atoms with Crippen LogP contribution in [-0.4, -0.2) is 28.3 Å². The van der Waals surface area contributed by atoms with Gasteiger partial charge in [-0.25, -0.2) is 4.79 Å². The molecule has 0 bridgehead atoms. The van der Waals surface area contributed by atoms with Gasteiger partial charge < -0.3 is 9.47 Å². The van der Waals surface area contributed by atoms with Crippen LogP contribution in [0.3, 0.4) is 0 Å². The second-order valence-electron chi connectivity index (χ2n) is 7.08. The molecule has 0 N–H and O–H groups in total.